The Morgan fingerprint density at radius 3 is 2.37 bits per heavy atom. The highest BCUT2D eigenvalue weighted by Crippen LogP contribution is 2.23. The van der Waals surface area contributed by atoms with E-state index >= 15 is 0 Å². The molecule has 0 saturated carbocycles. The number of hydrogen-bond acceptors (Lipinski definition) is 2. The molecular formula is C15H19ClN2O. The van der Waals surface area contributed by atoms with Crippen molar-refractivity contribution in [1.29, 1.82) is 0 Å². The second-order valence-electron chi connectivity index (χ2n) is 4.80. The number of rotatable bonds is 4. The van der Waals surface area contributed by atoms with Crippen molar-refractivity contribution in [2.75, 3.05) is 0 Å². The quantitative estimate of drug-likeness (QED) is 0.850. The summed E-state index contributed by atoms with van der Waals surface area (Å²) in [4.78, 5) is 0. The number of aromatic nitrogens is 2. The number of benzene rings is 1. The first-order valence-corrected chi connectivity index (χ1v) is 6.80. The predicted molar refractivity (Wildman–Crippen MR) is 77.8 cm³/mol. The monoisotopic (exact) mass is 278 g/mol. The molecule has 0 radical (unpaired) electrons. The minimum atomic E-state index is 0.436. The fraction of sp³-hybridized carbons (Fsp3) is 0.400. The van der Waals surface area contributed by atoms with E-state index in [9.17, 15) is 0 Å². The Morgan fingerprint density at radius 2 is 1.84 bits per heavy atom. The molecule has 0 fully saturated rings. The van der Waals surface area contributed by atoms with Crippen molar-refractivity contribution in [1.82, 2.24) is 9.78 Å². The minimum Gasteiger partial charge on any atom is -0.487 e. The van der Waals surface area contributed by atoms with E-state index in [4.69, 9.17) is 16.3 Å². The van der Waals surface area contributed by atoms with Crippen molar-refractivity contribution in [3.05, 3.63) is 45.7 Å². The van der Waals surface area contributed by atoms with Crippen molar-refractivity contribution < 1.29 is 4.74 Å². The molecule has 0 aliphatic rings. The molecule has 0 spiro atoms. The molecule has 2 rings (SSSR count). The van der Waals surface area contributed by atoms with Gasteiger partial charge in [0.2, 0.25) is 0 Å². The zero-order chi connectivity index (χ0) is 14.0. The Morgan fingerprint density at radius 1 is 1.21 bits per heavy atom. The number of halogens is 1. The van der Waals surface area contributed by atoms with Crippen LogP contribution in [-0.4, -0.2) is 9.78 Å². The molecule has 102 valence electrons. The van der Waals surface area contributed by atoms with Gasteiger partial charge < -0.3 is 4.74 Å². The molecule has 0 unspecified atom stereocenters. The van der Waals surface area contributed by atoms with Crippen LogP contribution in [-0.2, 0) is 20.1 Å². The standard InChI is InChI=1S/C15H19ClN2O/c1-5-13-15(16)14(18(4)17-13)9-19-12-7-10(2)6-11(3)8-12/h6-8H,5,9H2,1-4H3. The molecule has 2 aromatic rings. The summed E-state index contributed by atoms with van der Waals surface area (Å²) >= 11 is 6.30. The highest BCUT2D eigenvalue weighted by molar-refractivity contribution is 6.31. The van der Waals surface area contributed by atoms with Gasteiger partial charge >= 0.3 is 0 Å². The highest BCUT2D eigenvalue weighted by atomic mass is 35.5. The van der Waals surface area contributed by atoms with E-state index in [0.29, 0.717) is 6.61 Å². The zero-order valence-electron chi connectivity index (χ0n) is 11.8. The molecule has 0 saturated heterocycles. The Bertz CT molecular complexity index is 570. The fourth-order valence-electron chi connectivity index (χ4n) is 2.14. The molecule has 1 aromatic carbocycles. The lowest BCUT2D eigenvalue weighted by molar-refractivity contribution is 0.294. The molecule has 1 aromatic heterocycles. The smallest absolute Gasteiger partial charge is 0.131 e. The van der Waals surface area contributed by atoms with Crippen LogP contribution in [0.4, 0.5) is 0 Å². The fourth-order valence-corrected chi connectivity index (χ4v) is 2.49. The van der Waals surface area contributed by atoms with E-state index in [2.05, 4.69) is 25.0 Å². The van der Waals surface area contributed by atoms with E-state index in [1.54, 1.807) is 4.68 Å². The topological polar surface area (TPSA) is 27.1 Å². The summed E-state index contributed by atoms with van der Waals surface area (Å²) in [6, 6.07) is 6.18. The lowest BCUT2D eigenvalue weighted by atomic mass is 10.1. The number of hydrogen-bond donors (Lipinski definition) is 0. The van der Waals surface area contributed by atoms with Crippen molar-refractivity contribution in [3.8, 4) is 5.75 Å². The van der Waals surface area contributed by atoms with Crippen molar-refractivity contribution in [2.24, 2.45) is 7.05 Å². The van der Waals surface area contributed by atoms with E-state index < -0.39 is 0 Å². The van der Waals surface area contributed by atoms with E-state index in [1.165, 1.54) is 11.1 Å². The third-order valence-electron chi connectivity index (χ3n) is 3.07. The van der Waals surface area contributed by atoms with Crippen LogP contribution in [0.25, 0.3) is 0 Å². The number of nitrogens with zero attached hydrogens (tertiary/aromatic N) is 2. The average molecular weight is 279 g/mol. The maximum atomic E-state index is 6.30. The first kappa shape index (κ1) is 13.9. The lowest BCUT2D eigenvalue weighted by Gasteiger charge is -2.09. The Hall–Kier alpha value is -1.48. The molecule has 0 bridgehead atoms. The normalized spacial score (nSPS) is 10.8. The van der Waals surface area contributed by atoms with Crippen LogP contribution in [0.1, 0.15) is 29.4 Å². The van der Waals surface area contributed by atoms with Gasteiger partial charge in [0.1, 0.15) is 12.4 Å². The van der Waals surface area contributed by atoms with Gasteiger partial charge in [-0.05, 0) is 43.5 Å². The third kappa shape index (κ3) is 3.10. The minimum absolute atomic E-state index is 0.436. The van der Waals surface area contributed by atoms with Crippen molar-refractivity contribution >= 4 is 11.6 Å². The summed E-state index contributed by atoms with van der Waals surface area (Å²) in [5, 5.41) is 5.10. The van der Waals surface area contributed by atoms with Crippen molar-refractivity contribution in [2.45, 2.75) is 33.8 Å². The Balaban J connectivity index is 2.16. The summed E-state index contributed by atoms with van der Waals surface area (Å²) in [5.74, 6) is 0.868. The Kier molecular flexibility index (Phi) is 4.15. The zero-order valence-corrected chi connectivity index (χ0v) is 12.6. The number of aryl methyl sites for hydroxylation is 4. The van der Waals surface area contributed by atoms with Gasteiger partial charge in [-0.1, -0.05) is 24.6 Å². The molecule has 0 amide bonds. The van der Waals surface area contributed by atoms with Crippen LogP contribution >= 0.6 is 11.6 Å². The molecular weight excluding hydrogens is 260 g/mol. The highest BCUT2D eigenvalue weighted by Gasteiger charge is 2.13. The molecule has 0 atom stereocenters. The molecule has 4 heteroatoms. The first-order chi connectivity index (χ1) is 9.01. The summed E-state index contributed by atoms with van der Waals surface area (Å²) in [6.07, 6.45) is 0.830. The van der Waals surface area contributed by atoms with Crippen LogP contribution < -0.4 is 4.74 Å². The van der Waals surface area contributed by atoms with Gasteiger partial charge in [0.25, 0.3) is 0 Å². The maximum absolute atomic E-state index is 6.30. The Labute approximate surface area is 119 Å². The molecule has 0 N–H and O–H groups in total. The molecule has 1 heterocycles. The van der Waals surface area contributed by atoms with Gasteiger partial charge in [-0.3, -0.25) is 4.68 Å². The van der Waals surface area contributed by atoms with E-state index in [0.717, 1.165) is 28.6 Å². The maximum Gasteiger partial charge on any atom is 0.131 e. The van der Waals surface area contributed by atoms with Gasteiger partial charge in [0, 0.05) is 7.05 Å². The molecule has 3 nitrogen and oxygen atoms in total. The second kappa shape index (κ2) is 5.66. The van der Waals surface area contributed by atoms with Gasteiger partial charge in [0.05, 0.1) is 16.4 Å². The predicted octanol–water partition coefficient (Wildman–Crippen LogP) is 3.83. The summed E-state index contributed by atoms with van der Waals surface area (Å²) in [7, 11) is 1.89. The summed E-state index contributed by atoms with van der Waals surface area (Å²) in [6.45, 7) is 6.60. The lowest BCUT2D eigenvalue weighted by Crippen LogP contribution is -2.03. The number of ether oxygens (including phenoxy) is 1. The molecule has 0 aliphatic heterocycles. The SMILES string of the molecule is CCc1nn(C)c(COc2cc(C)cc(C)c2)c1Cl. The van der Waals surface area contributed by atoms with Gasteiger partial charge in [-0.25, -0.2) is 0 Å². The largest absolute Gasteiger partial charge is 0.487 e. The molecule has 0 aliphatic carbocycles. The van der Waals surface area contributed by atoms with Crippen LogP contribution in [0.3, 0.4) is 0 Å². The average Bonchev–Trinajstić information content (AvgIpc) is 2.61. The molecule has 19 heavy (non-hydrogen) atoms. The van der Waals surface area contributed by atoms with Gasteiger partial charge in [-0.2, -0.15) is 5.10 Å². The van der Waals surface area contributed by atoms with Crippen LogP contribution in [0, 0.1) is 13.8 Å². The van der Waals surface area contributed by atoms with Crippen molar-refractivity contribution in [3.63, 3.8) is 0 Å². The summed E-state index contributed by atoms with van der Waals surface area (Å²) < 4.78 is 7.62. The van der Waals surface area contributed by atoms with Gasteiger partial charge in [-0.15, -0.1) is 0 Å². The van der Waals surface area contributed by atoms with E-state index in [-0.39, 0.29) is 0 Å². The van der Waals surface area contributed by atoms with Gasteiger partial charge in [0.15, 0.2) is 0 Å². The van der Waals surface area contributed by atoms with E-state index in [1.807, 2.05) is 26.1 Å². The van der Waals surface area contributed by atoms with Crippen LogP contribution in [0.2, 0.25) is 5.02 Å². The van der Waals surface area contributed by atoms with Crippen LogP contribution in [0.15, 0.2) is 18.2 Å². The second-order valence-corrected chi connectivity index (χ2v) is 5.17. The summed E-state index contributed by atoms with van der Waals surface area (Å²) in [5.41, 5.74) is 4.22. The first-order valence-electron chi connectivity index (χ1n) is 6.42. The van der Waals surface area contributed by atoms with Crippen LogP contribution in [0.5, 0.6) is 5.75 Å². The third-order valence-corrected chi connectivity index (χ3v) is 3.51.